The number of pyridine rings is 6. The van der Waals surface area contributed by atoms with Gasteiger partial charge in [-0.15, -0.1) is 36.4 Å². The molecule has 16 heterocycles. The van der Waals surface area contributed by atoms with Crippen molar-refractivity contribution in [2.24, 2.45) is 17.7 Å². The minimum Gasteiger partial charge on any atom is -0.505 e. The molecule has 0 atom stereocenters. The quantitative estimate of drug-likeness (QED) is 0.0101. The van der Waals surface area contributed by atoms with Crippen LogP contribution in [0, 0.1) is 53.4 Å². The number of imidazole rings is 5. The largest absolute Gasteiger partial charge is 1.00 e. The smallest absolute Gasteiger partial charge is 0.505 e. The van der Waals surface area contributed by atoms with Crippen molar-refractivity contribution in [2.75, 3.05) is 78.8 Å². The molecular weight excluding hydrogens is 1890 g/mol. The Kier molecular flexibility index (Phi) is 69.3. The molecule has 0 saturated carbocycles. The number of aryl methyl sites for hydroxylation is 6. The number of nitrogens with zero attached hydrogens (tertiary/aromatic N) is 15. The molecular formula is C86H126Cl5N22NaO19S. The Balaban J connectivity index is -0.000000716. The molecule has 0 aromatic carbocycles. The standard InChI is InChI=1S/C14H16N4O3.C14H18N4O2.C14H18N4O.C10H10ClN3O.C10H11N3O2.C8H9NO3.C5H10O.C4H9N.2CO2.5CH4.Cl2OS.2ClH.H3N2O.Na/c1-9-13(20)12(14-15-2-3-16-14)10(4-17-9)5-18-6-11(7-18)21-8-19;1-10-13(19)12(14-15-2-3-16-14)11(8-17-10)9-18-4-6-20-7-5-18;1-9-6-18(7-9)8-11-5-17-10(2)13(19)12(11)14-15-3-4-16-14;1-6-9(15)8(7(4-11)5-14-6)10-12-2-3-13-10;1-6-9(15)8(7(5-14)4-13-6)10-11-2-3-12-10;1-5-8(12)7(4-11)6(3-10)2-9-5;1-2-4-6-5-3-1;1-4-2-5-3-4;2*2-1-3;;;;;;1-4(2)3;;;1-2-3;/h2-4,8,11,20H,5-7H2,1H3,(H,15,16);2-3,8,19H,4-7,9H2,1H3,(H,15,16);3-5,9,19H,6-8H2,1-2H3,(H,15,16);2-3,5,15H,4H2,1H3,(H,12,13);2-4,14-15H,5H2,1H3,(H,11,12);2,4,10,12H,3H2,1H3;1-5H2;4-5H,2-3H2,1H3;;;5*1H4;;2*1H;3H,1H2;/q;;;;;;;;;;;;;;;;;;-1;+1/i3*15+1,16+1;12+1,13+1;11+1,12+1;;;;;;;;;;;;;;;. The van der Waals surface area contributed by atoms with E-state index in [0.29, 0.717) is 123 Å². The van der Waals surface area contributed by atoms with Gasteiger partial charge < -0.3 is 102 Å². The number of hydrogen-bond acceptors (Lipinski definition) is 35. The van der Waals surface area contributed by atoms with Crippen LogP contribution in [-0.2, 0) is 86.1 Å². The number of nitrogens with one attached hydrogen (secondary N) is 6. The Morgan fingerprint density at radius 1 is 0.470 bits per heavy atom. The summed E-state index contributed by atoms with van der Waals surface area (Å²) >= 11 is 5.78. The van der Waals surface area contributed by atoms with E-state index in [0.717, 1.165) is 111 Å². The number of hydrogen-bond donors (Lipinski definition) is 16. The summed E-state index contributed by atoms with van der Waals surface area (Å²) in [5, 5.41) is 87.9. The van der Waals surface area contributed by atoms with Crippen LogP contribution >= 0.6 is 57.8 Å². The number of aliphatic hydroxyl groups excluding tert-OH is 2. The van der Waals surface area contributed by atoms with Gasteiger partial charge in [0.25, 0.3) is 6.47 Å². The van der Waals surface area contributed by atoms with Gasteiger partial charge in [-0.25, -0.2) is 29.1 Å². The number of nitrogens with two attached hydrogens (primary N) is 1. The van der Waals surface area contributed by atoms with E-state index in [1.54, 1.807) is 116 Å². The van der Waals surface area contributed by atoms with Crippen molar-refractivity contribution < 1.29 is 123 Å². The third-order valence-electron chi connectivity index (χ3n) is 18.9. The van der Waals surface area contributed by atoms with E-state index in [2.05, 4.69) is 141 Å². The monoisotopic (exact) mass is 2010 g/mol. The van der Waals surface area contributed by atoms with Crippen molar-refractivity contribution in [3.8, 4) is 91.4 Å². The molecule has 5 aliphatic heterocycles. The molecule has 16 rings (SSSR count). The number of H-pyrrole nitrogens is 5. The maximum atomic E-state index is 10.5. The Labute approximate surface area is 831 Å². The Morgan fingerprint density at radius 3 is 0.985 bits per heavy atom. The number of aromatic amines is 5. The van der Waals surface area contributed by atoms with Crippen molar-refractivity contribution in [1.29, 1.82) is 0 Å². The average molecular weight is 2010 g/mol. The first-order valence-electron chi connectivity index (χ1n) is 38.8. The first-order valence-corrected chi connectivity index (χ1v) is 42.1. The summed E-state index contributed by atoms with van der Waals surface area (Å²) in [7, 11) is 7.36. The summed E-state index contributed by atoms with van der Waals surface area (Å²) in [6, 6.07) is 0. The predicted octanol–water partition coefficient (Wildman–Crippen LogP) is 9.64. The molecule has 5 fully saturated rings. The SMILES string of the molecule is C.C.C.C.C.C1CCOCC1.CC1CNC1.Cc1ncc(CCl)c(-c2[15n]cc[15nH]2)c1O.Cc1ncc(CN2CC(C)C2)c(-c2[15n]cc[15nH]2)c1O.Cc1ncc(CN2CC(OC=O)C2)c(-c2[15n]cc[15nH]2)c1O.Cc1ncc(CN2CCOCC2)c(-c2[15n]cc[15nH]2)c1O.Cc1ncc(CO)c(-c2[15n]cc[15nH]2)c1O.Cc1ncc(CO)c(C=O)c1O.Cl.Cl.N[N-]O.O=C=O.O=C=O.O=S(Cl)Cl.[Na+]. The predicted molar refractivity (Wildman–Crippen MR) is 509 cm³/mol. The summed E-state index contributed by atoms with van der Waals surface area (Å²) in [5.74, 6) is 9.75. The van der Waals surface area contributed by atoms with Crippen molar-refractivity contribution in [3.63, 3.8) is 0 Å². The second-order valence-electron chi connectivity index (χ2n) is 28.0. The van der Waals surface area contributed by atoms with Gasteiger partial charge >= 0.3 is 41.9 Å². The third-order valence-corrected chi connectivity index (χ3v) is 19.2. The summed E-state index contributed by atoms with van der Waals surface area (Å²) in [5.41, 5.74) is 13.2. The van der Waals surface area contributed by atoms with Crippen LogP contribution in [0.4, 0.5) is 0 Å². The molecule has 5 aliphatic rings. The van der Waals surface area contributed by atoms with Crippen LogP contribution in [0.3, 0.4) is 0 Å². The topological polar surface area (TPSA) is 612 Å². The number of ether oxygens (including phenoxy) is 3. The van der Waals surface area contributed by atoms with Crippen molar-refractivity contribution in [1.82, 2.24) is 99.8 Å². The molecule has 17 N–H and O–H groups in total. The molecule has 5 saturated heterocycles. The van der Waals surface area contributed by atoms with Crippen LogP contribution in [0.2, 0.25) is 0 Å². The fourth-order valence-electron chi connectivity index (χ4n) is 12.4. The molecule has 11 aromatic heterocycles. The van der Waals surface area contributed by atoms with Gasteiger partial charge in [-0.3, -0.25) is 54.2 Å². The molecule has 0 unspecified atom stereocenters. The molecule has 0 aliphatic carbocycles. The first-order chi connectivity index (χ1) is 60.6. The summed E-state index contributed by atoms with van der Waals surface area (Å²) < 4.78 is 24.4. The zero-order chi connectivity index (χ0) is 92.6. The number of aldehydes is 1. The van der Waals surface area contributed by atoms with Gasteiger partial charge in [-0.1, -0.05) is 51.0 Å². The molecule has 0 amide bonds. The van der Waals surface area contributed by atoms with Crippen molar-refractivity contribution in [3.05, 3.63) is 178 Å². The number of aromatic hydroxyl groups is 6. The number of carbonyl (C=O) groups excluding carboxylic acids is 6. The van der Waals surface area contributed by atoms with Gasteiger partial charge in [0.15, 0.2) is 6.29 Å². The number of likely N-dealkylation sites (tertiary alicyclic amines) is 2. The number of rotatable bonds is 17. The number of aromatic nitrogens is 16. The first kappa shape index (κ1) is 130. The number of carbonyl (C=O) groups is 2. The van der Waals surface area contributed by atoms with Gasteiger partial charge in [0, 0.05) is 210 Å². The van der Waals surface area contributed by atoms with E-state index in [-0.39, 0.29) is 169 Å². The van der Waals surface area contributed by atoms with Crippen LogP contribution in [0.1, 0.15) is 148 Å². The van der Waals surface area contributed by atoms with E-state index in [1.165, 1.54) is 44.7 Å². The third kappa shape index (κ3) is 42.0. The molecule has 0 radical (unpaired) electrons. The Hall–Kier alpha value is -10.2. The normalized spacial score (nSPS) is 13.0. The fraction of sp³-hybridized carbons (Fsp3) is 0.430. The Bertz CT molecular complexity index is 5020. The minimum atomic E-state index is -1.67. The zero-order valence-electron chi connectivity index (χ0n) is 72.2. The second kappa shape index (κ2) is 71.3. The average Bonchev–Trinajstić information content (AvgIpc) is 1.33. The van der Waals surface area contributed by atoms with Gasteiger partial charge in [0.05, 0.1) is 94.0 Å². The second-order valence-corrected chi connectivity index (χ2v) is 30.8. The van der Waals surface area contributed by atoms with Gasteiger partial charge in [-0.2, -0.15) is 19.2 Å². The Morgan fingerprint density at radius 2 is 0.739 bits per heavy atom. The number of halogens is 5. The van der Waals surface area contributed by atoms with E-state index in [9.17, 15) is 40.2 Å². The van der Waals surface area contributed by atoms with E-state index < -0.39 is 9.23 Å². The molecule has 48 heteroatoms. The molecule has 41 nitrogen and oxygen atoms in total. The number of morpholine rings is 1. The van der Waals surface area contributed by atoms with Crippen LogP contribution in [-0.4, -0.2) is 255 Å². The van der Waals surface area contributed by atoms with Gasteiger partial charge in [0.2, 0.25) is 9.23 Å². The molecule has 0 bridgehead atoms. The summed E-state index contributed by atoms with van der Waals surface area (Å²) in [6.07, 6.45) is 31.7. The fourth-order valence-corrected chi connectivity index (χ4v) is 12.6. The summed E-state index contributed by atoms with van der Waals surface area (Å²) in [4.78, 5) is 120. The number of alkyl halides is 1. The minimum absolute atomic E-state index is 0. The maximum Gasteiger partial charge on any atom is 1.00 e. The maximum absolute atomic E-state index is 10.5. The molecule has 736 valence electrons. The number of aliphatic hydroxyl groups is 2. The zero-order valence-corrected chi connectivity index (χ0v) is 78.9. The van der Waals surface area contributed by atoms with Crippen LogP contribution in [0.15, 0.2) is 99.1 Å². The molecule has 134 heavy (non-hydrogen) atoms. The van der Waals surface area contributed by atoms with Crippen LogP contribution in [0.5, 0.6) is 34.5 Å². The van der Waals surface area contributed by atoms with Gasteiger partial charge in [0.1, 0.15) is 69.7 Å². The summed E-state index contributed by atoms with van der Waals surface area (Å²) in [6.45, 7) is 28.4. The van der Waals surface area contributed by atoms with Crippen molar-refractivity contribution in [2.45, 2.75) is 157 Å². The molecule has 0 spiro atoms. The molecule has 11 aromatic rings. The van der Waals surface area contributed by atoms with Crippen LogP contribution in [0.25, 0.3) is 62.5 Å². The van der Waals surface area contributed by atoms with Crippen molar-refractivity contribution >= 4 is 92.1 Å². The van der Waals surface area contributed by atoms with E-state index in [4.69, 9.17) is 64.6 Å². The van der Waals surface area contributed by atoms with Crippen LogP contribution < -0.4 is 40.7 Å². The van der Waals surface area contributed by atoms with Gasteiger partial charge in [-0.05, 0) is 108 Å². The van der Waals surface area contributed by atoms with E-state index in [1.807, 2.05) is 18.0 Å². The van der Waals surface area contributed by atoms with E-state index >= 15 is 0 Å².